The van der Waals surface area contributed by atoms with Gasteiger partial charge >= 0.3 is 127 Å². The van der Waals surface area contributed by atoms with Crippen molar-refractivity contribution in [2.75, 3.05) is 7.05 Å². The maximum atomic E-state index is 11.8. The van der Waals surface area contributed by atoms with E-state index in [9.17, 15) is 4.79 Å². The second kappa shape index (κ2) is 6.37. The molecule has 0 saturated carbocycles. The van der Waals surface area contributed by atoms with Crippen molar-refractivity contribution in [3.8, 4) is 0 Å². The number of rotatable bonds is 3. The van der Waals surface area contributed by atoms with Crippen LogP contribution in [0.2, 0.25) is 10.3 Å². The van der Waals surface area contributed by atoms with Gasteiger partial charge in [-0.3, -0.25) is 0 Å². The van der Waals surface area contributed by atoms with Gasteiger partial charge in [0.25, 0.3) is 0 Å². The second-order valence-electron chi connectivity index (χ2n) is 3.59. The Kier molecular flexibility index (Phi) is 4.80. The number of halogens is 2. The van der Waals surface area contributed by atoms with E-state index in [-0.39, 0.29) is 11.2 Å². The topological polar surface area (TPSA) is 54.9 Å². The summed E-state index contributed by atoms with van der Waals surface area (Å²) in [4.78, 5) is 19.8. The number of carbonyl (C=O) groups is 1. The van der Waals surface area contributed by atoms with Gasteiger partial charge in [-0.1, -0.05) is 0 Å². The Hall–Kier alpha value is -1.09. The van der Waals surface area contributed by atoms with Crippen molar-refractivity contribution in [2.24, 2.45) is 0 Å². The molecule has 19 heavy (non-hydrogen) atoms. The summed E-state index contributed by atoms with van der Waals surface area (Å²) in [5, 5.41) is 3.27. The zero-order valence-corrected chi connectivity index (χ0v) is 13.6. The van der Waals surface area contributed by atoms with Crippen LogP contribution in [0.25, 0.3) is 0 Å². The minimum atomic E-state index is -0.852. The van der Waals surface area contributed by atoms with Gasteiger partial charge in [0, 0.05) is 0 Å². The van der Waals surface area contributed by atoms with Crippen LogP contribution in [0.5, 0.6) is 0 Å². The van der Waals surface area contributed by atoms with Crippen LogP contribution < -0.4 is 14.1 Å². The molecule has 1 aromatic carbocycles. The molecular formula is C12H10AsCl2N3O. The van der Waals surface area contributed by atoms with E-state index in [0.717, 1.165) is 8.83 Å². The number of nitrogens with one attached hydrogen (secondary N) is 1. The fraction of sp³-hybridized carbons (Fsp3) is 0.0833. The summed E-state index contributed by atoms with van der Waals surface area (Å²) in [6, 6.07) is 7.42. The number of amides is 1. The molecular weight excluding hydrogens is 348 g/mol. The van der Waals surface area contributed by atoms with Gasteiger partial charge in [-0.15, -0.1) is 0 Å². The number of hydrogen-bond donors (Lipinski definition) is 1. The molecule has 0 aliphatic carbocycles. The molecule has 4 nitrogen and oxygen atoms in total. The monoisotopic (exact) mass is 357 g/mol. The standard InChI is InChI=1S/C12H10AsCl2N3O/c1-16-11(19)7-4-2-3-5-8(7)13-10-9(14)6-17-12(15)18-10/h2-6,13H,1H3,(H,16,19). The third kappa shape index (κ3) is 3.47. The van der Waals surface area contributed by atoms with E-state index in [2.05, 4.69) is 15.3 Å². The third-order valence-corrected chi connectivity index (χ3v) is 5.93. The van der Waals surface area contributed by atoms with Gasteiger partial charge in [-0.05, 0) is 0 Å². The summed E-state index contributed by atoms with van der Waals surface area (Å²) < 4.78 is 1.68. The SMILES string of the molecule is CNC(=O)c1ccccc1[AsH]c1nc(Cl)ncc1Cl. The molecule has 0 aliphatic rings. The van der Waals surface area contributed by atoms with Crippen molar-refractivity contribution in [3.05, 3.63) is 46.3 Å². The Balaban J connectivity index is 2.38. The van der Waals surface area contributed by atoms with Crippen molar-refractivity contribution in [2.45, 2.75) is 0 Å². The predicted octanol–water partition coefficient (Wildman–Crippen LogP) is 0.530. The molecule has 1 heterocycles. The van der Waals surface area contributed by atoms with E-state index < -0.39 is 15.8 Å². The van der Waals surface area contributed by atoms with Crippen LogP contribution in [0.15, 0.2) is 30.5 Å². The van der Waals surface area contributed by atoms with Gasteiger partial charge in [0.05, 0.1) is 0 Å². The molecule has 0 saturated heterocycles. The average Bonchev–Trinajstić information content (AvgIpc) is 2.42. The first-order chi connectivity index (χ1) is 9.11. The number of aromatic nitrogens is 2. The Labute approximate surface area is 127 Å². The van der Waals surface area contributed by atoms with Crippen LogP contribution in [0.3, 0.4) is 0 Å². The molecule has 0 bridgehead atoms. The van der Waals surface area contributed by atoms with Crippen LogP contribution in [0, 0.1) is 0 Å². The Morgan fingerprint density at radius 2 is 2.05 bits per heavy atom. The van der Waals surface area contributed by atoms with Gasteiger partial charge in [0.1, 0.15) is 0 Å². The first-order valence-corrected chi connectivity index (χ1v) is 8.23. The molecule has 0 spiro atoms. The van der Waals surface area contributed by atoms with E-state index in [1.54, 1.807) is 13.1 Å². The quantitative estimate of drug-likeness (QED) is 0.644. The minimum absolute atomic E-state index is 0.115. The normalized spacial score (nSPS) is 10.9. The number of carbonyl (C=O) groups excluding carboxylic acids is 1. The molecule has 1 aromatic heterocycles. The average molecular weight is 358 g/mol. The van der Waals surface area contributed by atoms with E-state index in [1.807, 2.05) is 18.2 Å². The maximum absolute atomic E-state index is 11.8. The van der Waals surface area contributed by atoms with Gasteiger partial charge in [-0.2, -0.15) is 0 Å². The summed E-state index contributed by atoms with van der Waals surface area (Å²) in [6.07, 6.45) is 1.48. The molecule has 0 fully saturated rings. The first-order valence-electron chi connectivity index (χ1n) is 5.38. The molecule has 98 valence electrons. The van der Waals surface area contributed by atoms with E-state index >= 15 is 0 Å². The molecule has 2 aromatic rings. The summed E-state index contributed by atoms with van der Waals surface area (Å²) in [5.74, 6) is -0.115. The Morgan fingerprint density at radius 1 is 1.32 bits per heavy atom. The molecule has 0 radical (unpaired) electrons. The van der Waals surface area contributed by atoms with E-state index in [0.29, 0.717) is 10.6 Å². The van der Waals surface area contributed by atoms with Crippen molar-refractivity contribution in [3.63, 3.8) is 0 Å². The predicted molar refractivity (Wildman–Crippen MR) is 78.3 cm³/mol. The molecule has 7 heteroatoms. The van der Waals surface area contributed by atoms with Crippen molar-refractivity contribution < 1.29 is 4.79 Å². The zero-order valence-electron chi connectivity index (χ0n) is 9.95. The van der Waals surface area contributed by atoms with Crippen molar-refractivity contribution >= 4 is 53.7 Å². The Morgan fingerprint density at radius 3 is 2.79 bits per heavy atom. The molecule has 0 aliphatic heterocycles. The van der Waals surface area contributed by atoms with Gasteiger partial charge in [0.2, 0.25) is 0 Å². The number of nitrogens with zero attached hydrogens (tertiary/aromatic N) is 2. The first kappa shape index (κ1) is 14.3. The summed E-state index contributed by atoms with van der Waals surface area (Å²) in [6.45, 7) is 0. The van der Waals surface area contributed by atoms with Crippen LogP contribution in [-0.2, 0) is 0 Å². The van der Waals surface area contributed by atoms with Crippen molar-refractivity contribution in [1.29, 1.82) is 0 Å². The summed E-state index contributed by atoms with van der Waals surface area (Å²) in [7, 11) is 1.60. The summed E-state index contributed by atoms with van der Waals surface area (Å²) in [5.41, 5.74) is 0.649. The van der Waals surface area contributed by atoms with Crippen LogP contribution in [0.4, 0.5) is 0 Å². The second-order valence-corrected chi connectivity index (χ2v) is 6.98. The molecule has 1 amide bonds. The fourth-order valence-electron chi connectivity index (χ4n) is 1.49. The van der Waals surface area contributed by atoms with Gasteiger partial charge < -0.3 is 0 Å². The molecule has 1 N–H and O–H groups in total. The molecule has 1 unspecified atom stereocenters. The van der Waals surface area contributed by atoms with E-state index in [4.69, 9.17) is 23.2 Å². The number of hydrogen-bond acceptors (Lipinski definition) is 3. The van der Waals surface area contributed by atoms with E-state index in [1.165, 1.54) is 6.20 Å². The molecule has 1 atom stereocenters. The van der Waals surface area contributed by atoms with Crippen LogP contribution in [-0.4, -0.2) is 38.7 Å². The van der Waals surface area contributed by atoms with Crippen LogP contribution in [0.1, 0.15) is 10.4 Å². The third-order valence-electron chi connectivity index (χ3n) is 2.37. The summed E-state index contributed by atoms with van der Waals surface area (Å²) >= 11 is 11.0. The fourth-order valence-corrected chi connectivity index (χ4v) is 4.44. The zero-order chi connectivity index (χ0) is 13.8. The van der Waals surface area contributed by atoms with Gasteiger partial charge in [-0.25, -0.2) is 0 Å². The van der Waals surface area contributed by atoms with Crippen LogP contribution >= 0.6 is 23.2 Å². The number of benzene rings is 1. The van der Waals surface area contributed by atoms with Gasteiger partial charge in [0.15, 0.2) is 0 Å². The van der Waals surface area contributed by atoms with Crippen molar-refractivity contribution in [1.82, 2.24) is 15.3 Å². The molecule has 2 rings (SSSR count). The Bertz CT molecular complexity index is 622.